The number of nitro groups is 1. The third-order valence-corrected chi connectivity index (χ3v) is 12.3. The lowest BCUT2D eigenvalue weighted by Gasteiger charge is -2.43. The first kappa shape index (κ1) is 24.4. The maximum atomic E-state index is 11.0. The fraction of sp³-hybridized carbons (Fsp3) is 0.444. The van der Waals surface area contributed by atoms with Crippen LogP contribution in [0.1, 0.15) is 58.9 Å². The van der Waals surface area contributed by atoms with E-state index in [1.165, 1.54) is 16.6 Å². The first-order chi connectivity index (χ1) is 16.3. The van der Waals surface area contributed by atoms with Crippen molar-refractivity contribution in [2.24, 2.45) is 5.92 Å². The quantitative estimate of drug-likeness (QED) is 0.244. The summed E-state index contributed by atoms with van der Waals surface area (Å²) in [6.07, 6.45) is 8.16. The number of benzene rings is 2. The van der Waals surface area contributed by atoms with Crippen LogP contribution in [0.3, 0.4) is 0 Å². The molecule has 1 fully saturated rings. The maximum absolute atomic E-state index is 11.0. The number of rotatable bonds is 8. The number of hydrogen-bond donors (Lipinski definition) is 0. The highest BCUT2D eigenvalue weighted by Crippen LogP contribution is 2.38. The molecule has 3 aromatic rings. The van der Waals surface area contributed by atoms with Gasteiger partial charge < -0.3 is 4.43 Å². The Kier molecular flexibility index (Phi) is 7.33. The van der Waals surface area contributed by atoms with Crippen molar-refractivity contribution in [3.05, 3.63) is 83.2 Å². The molecular weight excluding hydrogens is 442 g/mol. The second-order valence-electron chi connectivity index (χ2n) is 10.4. The van der Waals surface area contributed by atoms with Gasteiger partial charge in [-0.15, -0.1) is 0 Å². The lowest BCUT2D eigenvalue weighted by Crippen LogP contribution is -2.66. The largest absolute Gasteiger partial charge is 0.407 e. The standard InChI is InChI=1S/C27H35N3O3Si/c1-27(2,3)34(25-10-6-4-7-11-25,26-12-8-5-9-13-26)33-19-18-22-14-16-23(17-15-22)29-21-24(20-28-29)30(31)32/h4-13,20-23H,14-19H2,1-3H3. The van der Waals surface area contributed by atoms with Gasteiger partial charge in [-0.25, -0.2) is 0 Å². The van der Waals surface area contributed by atoms with Gasteiger partial charge in [-0.3, -0.25) is 14.8 Å². The molecule has 180 valence electrons. The molecule has 34 heavy (non-hydrogen) atoms. The molecule has 0 atom stereocenters. The van der Waals surface area contributed by atoms with Gasteiger partial charge in [0.25, 0.3) is 8.32 Å². The molecule has 2 aromatic carbocycles. The zero-order valence-corrected chi connectivity index (χ0v) is 21.4. The van der Waals surface area contributed by atoms with Crippen LogP contribution in [0.4, 0.5) is 5.69 Å². The van der Waals surface area contributed by atoms with Gasteiger partial charge in [-0.2, -0.15) is 5.10 Å². The topological polar surface area (TPSA) is 70.2 Å². The highest BCUT2D eigenvalue weighted by atomic mass is 28.4. The van der Waals surface area contributed by atoms with E-state index in [9.17, 15) is 10.1 Å². The highest BCUT2D eigenvalue weighted by molar-refractivity contribution is 6.99. The van der Waals surface area contributed by atoms with Gasteiger partial charge in [-0.1, -0.05) is 81.4 Å². The molecule has 0 aliphatic heterocycles. The van der Waals surface area contributed by atoms with Crippen molar-refractivity contribution in [3.63, 3.8) is 0 Å². The average molecular weight is 478 g/mol. The van der Waals surface area contributed by atoms with Crippen LogP contribution in [0, 0.1) is 16.0 Å². The van der Waals surface area contributed by atoms with Crippen molar-refractivity contribution < 1.29 is 9.35 Å². The van der Waals surface area contributed by atoms with Gasteiger partial charge in [0.15, 0.2) is 0 Å². The minimum atomic E-state index is -2.49. The normalized spacial score (nSPS) is 19.1. The molecule has 0 bridgehead atoms. The van der Waals surface area contributed by atoms with E-state index in [0.29, 0.717) is 5.92 Å². The van der Waals surface area contributed by atoms with Crippen LogP contribution in [-0.2, 0) is 4.43 Å². The van der Waals surface area contributed by atoms with Crippen LogP contribution >= 0.6 is 0 Å². The Balaban J connectivity index is 1.44. The Morgan fingerprint density at radius 1 is 1.00 bits per heavy atom. The average Bonchev–Trinajstić information content (AvgIpc) is 3.33. The summed E-state index contributed by atoms with van der Waals surface area (Å²) >= 11 is 0. The SMILES string of the molecule is CC(C)(C)[Si](OCCC1CCC(n2cc([N+](=O)[O-])cn2)CC1)(c1ccccc1)c1ccccc1. The van der Waals surface area contributed by atoms with E-state index < -0.39 is 8.32 Å². The lowest BCUT2D eigenvalue weighted by molar-refractivity contribution is -0.385. The second kappa shape index (κ2) is 10.2. The van der Waals surface area contributed by atoms with Crippen molar-refractivity contribution >= 4 is 24.4 Å². The Labute approximate surface area is 203 Å². The molecule has 0 amide bonds. The molecule has 0 spiro atoms. The molecule has 1 heterocycles. The van der Waals surface area contributed by atoms with E-state index in [1.807, 2.05) is 0 Å². The van der Waals surface area contributed by atoms with Crippen LogP contribution in [-0.4, -0.2) is 29.6 Å². The molecular formula is C27H35N3O3Si. The summed E-state index contributed by atoms with van der Waals surface area (Å²) in [5.41, 5.74) is 0.0702. The third-order valence-electron chi connectivity index (χ3n) is 7.25. The van der Waals surface area contributed by atoms with Gasteiger partial charge in [-0.05, 0) is 53.4 Å². The molecule has 1 aliphatic rings. The zero-order chi connectivity index (χ0) is 24.2. The van der Waals surface area contributed by atoms with Gasteiger partial charge in [0.05, 0.1) is 11.0 Å². The van der Waals surface area contributed by atoms with Crippen LogP contribution in [0.2, 0.25) is 5.04 Å². The fourth-order valence-corrected chi connectivity index (χ4v) is 10.0. The molecule has 7 heteroatoms. The van der Waals surface area contributed by atoms with Crippen molar-refractivity contribution in [1.29, 1.82) is 0 Å². The molecule has 0 radical (unpaired) electrons. The molecule has 0 saturated heterocycles. The summed E-state index contributed by atoms with van der Waals surface area (Å²) < 4.78 is 8.84. The summed E-state index contributed by atoms with van der Waals surface area (Å²) in [6, 6.07) is 21.8. The number of aromatic nitrogens is 2. The van der Waals surface area contributed by atoms with Crippen LogP contribution in [0.25, 0.3) is 0 Å². The van der Waals surface area contributed by atoms with Gasteiger partial charge >= 0.3 is 5.69 Å². The monoisotopic (exact) mass is 477 g/mol. The van der Waals surface area contributed by atoms with E-state index >= 15 is 0 Å². The molecule has 0 unspecified atom stereocenters. The predicted molar refractivity (Wildman–Crippen MR) is 138 cm³/mol. The van der Waals surface area contributed by atoms with Crippen molar-refractivity contribution in [2.45, 2.75) is 64.0 Å². The van der Waals surface area contributed by atoms with E-state index in [-0.39, 0.29) is 21.7 Å². The second-order valence-corrected chi connectivity index (χ2v) is 14.7. The molecule has 1 saturated carbocycles. The highest BCUT2D eigenvalue weighted by Gasteiger charge is 2.50. The Hall–Kier alpha value is -2.77. The van der Waals surface area contributed by atoms with Gasteiger partial charge in [0.1, 0.15) is 12.4 Å². The number of nitrogens with zero attached hydrogens (tertiary/aromatic N) is 3. The van der Waals surface area contributed by atoms with E-state index in [4.69, 9.17) is 4.43 Å². The van der Waals surface area contributed by atoms with Crippen molar-refractivity contribution in [2.75, 3.05) is 6.61 Å². The van der Waals surface area contributed by atoms with E-state index in [1.54, 1.807) is 10.9 Å². The summed E-state index contributed by atoms with van der Waals surface area (Å²) in [6.45, 7) is 7.69. The maximum Gasteiger partial charge on any atom is 0.307 e. The van der Waals surface area contributed by atoms with Gasteiger partial charge in [0, 0.05) is 6.61 Å². The van der Waals surface area contributed by atoms with E-state index in [0.717, 1.165) is 38.7 Å². The summed E-state index contributed by atoms with van der Waals surface area (Å²) in [4.78, 5) is 10.6. The molecule has 0 N–H and O–H groups in total. The third kappa shape index (κ3) is 5.00. The minimum Gasteiger partial charge on any atom is -0.407 e. The van der Waals surface area contributed by atoms with Crippen LogP contribution in [0.5, 0.6) is 0 Å². The van der Waals surface area contributed by atoms with Crippen LogP contribution in [0.15, 0.2) is 73.1 Å². The Morgan fingerprint density at radius 2 is 1.56 bits per heavy atom. The molecule has 1 aromatic heterocycles. The van der Waals surface area contributed by atoms with Gasteiger partial charge in [0.2, 0.25) is 0 Å². The van der Waals surface area contributed by atoms with E-state index in [2.05, 4.69) is 86.5 Å². The molecule has 4 rings (SSSR count). The molecule has 6 nitrogen and oxygen atoms in total. The molecule has 1 aliphatic carbocycles. The zero-order valence-electron chi connectivity index (χ0n) is 20.4. The van der Waals surface area contributed by atoms with Crippen LogP contribution < -0.4 is 10.4 Å². The van der Waals surface area contributed by atoms with Crippen molar-refractivity contribution in [3.8, 4) is 0 Å². The van der Waals surface area contributed by atoms with Crippen molar-refractivity contribution in [1.82, 2.24) is 9.78 Å². The number of hydrogen-bond acceptors (Lipinski definition) is 4. The Bertz CT molecular complexity index is 1030. The minimum absolute atomic E-state index is 0.0117. The summed E-state index contributed by atoms with van der Waals surface area (Å²) in [7, 11) is -2.49. The summed E-state index contributed by atoms with van der Waals surface area (Å²) in [5, 5.41) is 17.8. The first-order valence-electron chi connectivity index (χ1n) is 12.2. The predicted octanol–water partition coefficient (Wildman–Crippen LogP) is 5.49. The lowest BCUT2D eigenvalue weighted by atomic mass is 9.84. The Morgan fingerprint density at radius 3 is 2.03 bits per heavy atom. The smallest absolute Gasteiger partial charge is 0.307 e. The fourth-order valence-electron chi connectivity index (χ4n) is 5.46. The first-order valence-corrected chi connectivity index (χ1v) is 14.2. The summed E-state index contributed by atoms with van der Waals surface area (Å²) in [5.74, 6) is 0.611.